The number of hydrogen-bond acceptors (Lipinski definition) is 1. The van der Waals surface area contributed by atoms with Gasteiger partial charge in [0.15, 0.2) is 0 Å². The molecule has 1 aromatic rings. The number of anilines is 1. The van der Waals surface area contributed by atoms with Crippen molar-refractivity contribution in [3.05, 3.63) is 29.6 Å². The predicted molar refractivity (Wildman–Crippen MR) is 64.6 cm³/mol. The number of aryl methyl sites for hydroxylation is 1. The van der Waals surface area contributed by atoms with Gasteiger partial charge in [-0.3, -0.25) is 4.79 Å². The Balaban J connectivity index is 3.30. The summed E-state index contributed by atoms with van der Waals surface area (Å²) in [4.78, 5) is 11.8. The second-order valence-electron chi connectivity index (χ2n) is 4.67. The molecule has 0 aliphatic carbocycles. The molecule has 22 heavy (non-hydrogen) atoms. The summed E-state index contributed by atoms with van der Waals surface area (Å²) in [5.41, 5.74) is -4.85. The first-order chi connectivity index (χ1) is 9.86. The third-order valence-electron chi connectivity index (χ3n) is 3.32. The topological polar surface area (TPSA) is 29.1 Å². The number of nitrogens with one attached hydrogen (secondary N) is 1. The molecule has 0 spiro atoms. The standard InChI is InChI=1S/C13H12F7NO/c1-3-11(12(15,16)17,13(18,19)20)10(22)21-9-5-4-8(14)6-7(9)2/h4-6H,3H2,1-2H3,(H,21,22). The molecule has 1 amide bonds. The largest absolute Gasteiger partial charge is 0.412 e. The molecule has 0 unspecified atom stereocenters. The summed E-state index contributed by atoms with van der Waals surface area (Å²) >= 11 is 0. The van der Waals surface area contributed by atoms with Crippen LogP contribution in [0.15, 0.2) is 18.2 Å². The highest BCUT2D eigenvalue weighted by molar-refractivity contribution is 5.97. The summed E-state index contributed by atoms with van der Waals surface area (Å²) in [5.74, 6) is -2.98. The van der Waals surface area contributed by atoms with E-state index in [1.54, 1.807) is 5.32 Å². The molecule has 2 nitrogen and oxygen atoms in total. The molecule has 0 fully saturated rings. The van der Waals surface area contributed by atoms with Crippen LogP contribution in [0.2, 0.25) is 0 Å². The van der Waals surface area contributed by atoms with E-state index in [0.717, 1.165) is 18.2 Å². The summed E-state index contributed by atoms with van der Waals surface area (Å²) in [5, 5.41) is 1.60. The fraction of sp³-hybridized carbons (Fsp3) is 0.462. The van der Waals surface area contributed by atoms with Gasteiger partial charge in [0, 0.05) is 5.69 Å². The zero-order valence-electron chi connectivity index (χ0n) is 11.5. The van der Waals surface area contributed by atoms with Crippen LogP contribution in [0.4, 0.5) is 36.4 Å². The van der Waals surface area contributed by atoms with Crippen LogP contribution in [0.25, 0.3) is 0 Å². The molecule has 0 atom stereocenters. The molecule has 1 N–H and O–H groups in total. The van der Waals surface area contributed by atoms with Gasteiger partial charge in [0.1, 0.15) is 5.82 Å². The minimum absolute atomic E-state index is 0.00250. The smallest absolute Gasteiger partial charge is 0.325 e. The Morgan fingerprint density at radius 1 is 1.09 bits per heavy atom. The van der Waals surface area contributed by atoms with Crippen LogP contribution in [0.5, 0.6) is 0 Å². The number of hydrogen-bond donors (Lipinski definition) is 1. The maximum atomic E-state index is 12.9. The molecule has 0 saturated carbocycles. The van der Waals surface area contributed by atoms with Gasteiger partial charge < -0.3 is 5.32 Å². The van der Waals surface area contributed by atoms with E-state index in [1.807, 2.05) is 0 Å². The van der Waals surface area contributed by atoms with Crippen molar-refractivity contribution in [1.29, 1.82) is 0 Å². The van der Waals surface area contributed by atoms with Crippen molar-refractivity contribution in [1.82, 2.24) is 0 Å². The van der Waals surface area contributed by atoms with Gasteiger partial charge in [0.05, 0.1) is 0 Å². The van der Waals surface area contributed by atoms with Crippen molar-refractivity contribution in [2.24, 2.45) is 5.41 Å². The Labute approximate surface area is 121 Å². The Hall–Kier alpha value is -1.80. The molecular weight excluding hydrogens is 319 g/mol. The van der Waals surface area contributed by atoms with E-state index in [2.05, 4.69) is 0 Å². The van der Waals surface area contributed by atoms with Crippen molar-refractivity contribution in [2.75, 3.05) is 5.32 Å². The summed E-state index contributed by atoms with van der Waals surface area (Å²) in [6.45, 7) is 1.87. The van der Waals surface area contributed by atoms with Crippen LogP contribution >= 0.6 is 0 Å². The van der Waals surface area contributed by atoms with Crippen molar-refractivity contribution in [2.45, 2.75) is 32.6 Å². The Morgan fingerprint density at radius 3 is 1.95 bits per heavy atom. The minimum Gasteiger partial charge on any atom is -0.325 e. The third-order valence-corrected chi connectivity index (χ3v) is 3.32. The van der Waals surface area contributed by atoms with Gasteiger partial charge in [-0.1, -0.05) is 6.92 Å². The zero-order chi connectivity index (χ0) is 17.3. The van der Waals surface area contributed by atoms with Gasteiger partial charge in [0.25, 0.3) is 0 Å². The summed E-state index contributed by atoms with van der Waals surface area (Å²) in [7, 11) is 0. The highest BCUT2D eigenvalue weighted by atomic mass is 19.4. The SMILES string of the molecule is CCC(C(=O)Nc1ccc(F)cc1C)(C(F)(F)F)C(F)(F)F. The van der Waals surface area contributed by atoms with Gasteiger partial charge in [0.2, 0.25) is 11.3 Å². The maximum absolute atomic E-state index is 12.9. The summed E-state index contributed by atoms with van der Waals surface area (Å²) < 4.78 is 90.6. The van der Waals surface area contributed by atoms with Crippen LogP contribution in [0.1, 0.15) is 18.9 Å². The molecule has 1 rings (SSSR count). The zero-order valence-corrected chi connectivity index (χ0v) is 11.5. The fourth-order valence-corrected chi connectivity index (χ4v) is 1.98. The minimum atomic E-state index is -5.82. The quantitative estimate of drug-likeness (QED) is 0.806. The lowest BCUT2D eigenvalue weighted by molar-refractivity contribution is -0.324. The van der Waals surface area contributed by atoms with E-state index in [0.29, 0.717) is 6.92 Å². The van der Waals surface area contributed by atoms with Gasteiger partial charge >= 0.3 is 12.4 Å². The number of carbonyl (C=O) groups excluding carboxylic acids is 1. The highest BCUT2D eigenvalue weighted by Crippen LogP contribution is 2.53. The molecular formula is C13H12F7NO. The van der Waals surface area contributed by atoms with Crippen LogP contribution in [0, 0.1) is 18.2 Å². The number of rotatable bonds is 3. The summed E-state index contributed by atoms with van der Waals surface area (Å²) in [6, 6.07) is 2.59. The number of carbonyl (C=O) groups is 1. The average molecular weight is 331 g/mol. The Bertz CT molecular complexity index is 548. The first-order valence-corrected chi connectivity index (χ1v) is 6.08. The van der Waals surface area contributed by atoms with Crippen molar-refractivity contribution in [3.8, 4) is 0 Å². The van der Waals surface area contributed by atoms with E-state index in [-0.39, 0.29) is 11.3 Å². The van der Waals surface area contributed by atoms with Gasteiger partial charge in [-0.05, 0) is 37.1 Å². The van der Waals surface area contributed by atoms with E-state index in [1.165, 1.54) is 6.92 Å². The van der Waals surface area contributed by atoms with Gasteiger partial charge in [-0.2, -0.15) is 26.3 Å². The second kappa shape index (κ2) is 5.77. The Kier molecular flexibility index (Phi) is 4.79. The number of alkyl halides is 6. The van der Waals surface area contributed by atoms with Crippen molar-refractivity contribution < 1.29 is 35.5 Å². The molecule has 124 valence electrons. The molecule has 0 radical (unpaired) electrons. The van der Waals surface area contributed by atoms with Crippen molar-refractivity contribution >= 4 is 11.6 Å². The number of benzene rings is 1. The lowest BCUT2D eigenvalue weighted by Crippen LogP contribution is -2.57. The lowest BCUT2D eigenvalue weighted by Gasteiger charge is -2.35. The lowest BCUT2D eigenvalue weighted by atomic mass is 9.82. The first-order valence-electron chi connectivity index (χ1n) is 6.08. The van der Waals surface area contributed by atoms with Crippen LogP contribution < -0.4 is 5.32 Å². The van der Waals surface area contributed by atoms with E-state index in [9.17, 15) is 35.5 Å². The predicted octanol–water partition coefficient (Wildman–Crippen LogP) is 4.59. The molecule has 0 bridgehead atoms. The number of halogens is 7. The van der Waals surface area contributed by atoms with Crippen LogP contribution in [-0.2, 0) is 4.79 Å². The maximum Gasteiger partial charge on any atom is 0.412 e. The van der Waals surface area contributed by atoms with Crippen molar-refractivity contribution in [3.63, 3.8) is 0 Å². The van der Waals surface area contributed by atoms with E-state index < -0.39 is 35.9 Å². The van der Waals surface area contributed by atoms with Crippen LogP contribution in [0.3, 0.4) is 0 Å². The molecule has 1 aromatic carbocycles. The van der Waals surface area contributed by atoms with E-state index >= 15 is 0 Å². The van der Waals surface area contributed by atoms with Gasteiger partial charge in [-0.25, -0.2) is 4.39 Å². The summed E-state index contributed by atoms with van der Waals surface area (Å²) in [6.07, 6.45) is -13.2. The molecule has 0 aliphatic rings. The molecule has 0 aromatic heterocycles. The fourth-order valence-electron chi connectivity index (χ4n) is 1.98. The average Bonchev–Trinajstić information content (AvgIpc) is 2.30. The molecule has 0 saturated heterocycles. The highest BCUT2D eigenvalue weighted by Gasteiger charge is 2.74. The Morgan fingerprint density at radius 2 is 1.59 bits per heavy atom. The third kappa shape index (κ3) is 3.02. The molecule has 9 heteroatoms. The number of amides is 1. The monoisotopic (exact) mass is 331 g/mol. The second-order valence-corrected chi connectivity index (χ2v) is 4.67. The van der Waals surface area contributed by atoms with E-state index in [4.69, 9.17) is 0 Å². The normalized spacial score (nSPS) is 13.1. The molecule has 0 heterocycles. The molecule has 0 aliphatic heterocycles. The van der Waals surface area contributed by atoms with Crippen LogP contribution in [-0.4, -0.2) is 18.3 Å². The van der Waals surface area contributed by atoms with Gasteiger partial charge in [-0.15, -0.1) is 0 Å². The first kappa shape index (κ1) is 18.2.